The number of rotatable bonds is 3. The molecule has 1 aromatic carbocycles. The first-order chi connectivity index (χ1) is 14.0. The van der Waals surface area contributed by atoms with Crippen LogP contribution in [0.25, 0.3) is 0 Å². The lowest BCUT2D eigenvalue weighted by Crippen LogP contribution is -2.58. The molecule has 1 N–H and O–H groups in total. The second kappa shape index (κ2) is 9.32. The van der Waals surface area contributed by atoms with Crippen molar-refractivity contribution in [3.8, 4) is 0 Å². The Hall–Kier alpha value is -2.16. The van der Waals surface area contributed by atoms with Crippen molar-refractivity contribution >= 4 is 30.3 Å². The summed E-state index contributed by atoms with van der Waals surface area (Å²) in [7, 11) is 1.55. The molecule has 1 unspecified atom stereocenters. The van der Waals surface area contributed by atoms with Gasteiger partial charge in [-0.2, -0.15) is 0 Å². The van der Waals surface area contributed by atoms with Crippen molar-refractivity contribution in [1.82, 2.24) is 20.0 Å². The molecule has 1 atom stereocenters. The average Bonchev–Trinajstić information content (AvgIpc) is 2.98. The molecule has 164 valence electrons. The molecular formula is C21H29ClN4O4. The van der Waals surface area contributed by atoms with Crippen molar-refractivity contribution in [2.45, 2.75) is 24.9 Å². The summed E-state index contributed by atoms with van der Waals surface area (Å²) in [4.78, 5) is 43.5. The Balaban J connectivity index is 0.00000256. The molecule has 0 saturated carbocycles. The van der Waals surface area contributed by atoms with E-state index < -0.39 is 5.54 Å². The van der Waals surface area contributed by atoms with Crippen LogP contribution in [0.3, 0.4) is 0 Å². The first-order valence-electron chi connectivity index (χ1n) is 10.2. The van der Waals surface area contributed by atoms with Crippen molar-refractivity contribution in [3.05, 3.63) is 35.9 Å². The Morgan fingerprint density at radius 2 is 1.90 bits per heavy atom. The zero-order valence-electron chi connectivity index (χ0n) is 17.2. The maximum atomic E-state index is 13.0. The number of carbonyl (C=O) groups excluding carboxylic acids is 3. The fourth-order valence-corrected chi connectivity index (χ4v) is 4.57. The third-order valence-electron chi connectivity index (χ3n) is 6.31. The number of halogens is 1. The van der Waals surface area contributed by atoms with Crippen molar-refractivity contribution < 1.29 is 19.1 Å². The number of carbonyl (C=O) groups is 3. The van der Waals surface area contributed by atoms with Crippen LogP contribution in [0.2, 0.25) is 0 Å². The quantitative estimate of drug-likeness (QED) is 0.717. The molecule has 3 heterocycles. The second-order valence-corrected chi connectivity index (χ2v) is 8.05. The Labute approximate surface area is 182 Å². The van der Waals surface area contributed by atoms with Crippen LogP contribution in [0, 0.1) is 5.92 Å². The van der Waals surface area contributed by atoms with Crippen molar-refractivity contribution in [2.75, 3.05) is 46.4 Å². The molecular weight excluding hydrogens is 408 g/mol. The lowest BCUT2D eigenvalue weighted by Gasteiger charge is -2.43. The topological polar surface area (TPSA) is 82.2 Å². The number of hydrogen-bond donors (Lipinski definition) is 1. The Bertz CT molecular complexity index is 774. The van der Waals surface area contributed by atoms with Gasteiger partial charge in [0, 0.05) is 39.8 Å². The van der Waals surface area contributed by atoms with Gasteiger partial charge in [-0.15, -0.1) is 12.4 Å². The van der Waals surface area contributed by atoms with Gasteiger partial charge in [0.2, 0.25) is 5.91 Å². The van der Waals surface area contributed by atoms with Gasteiger partial charge in [0.05, 0.1) is 19.1 Å². The van der Waals surface area contributed by atoms with Crippen LogP contribution in [-0.2, 0) is 20.9 Å². The highest BCUT2D eigenvalue weighted by Gasteiger charge is 2.57. The summed E-state index contributed by atoms with van der Waals surface area (Å²) in [6.45, 7) is 3.73. The molecule has 3 aliphatic rings. The molecule has 4 rings (SSSR count). The number of benzene rings is 1. The van der Waals surface area contributed by atoms with Crippen molar-refractivity contribution in [1.29, 1.82) is 0 Å². The molecule has 3 saturated heterocycles. The van der Waals surface area contributed by atoms with Gasteiger partial charge in [0.15, 0.2) is 0 Å². The zero-order chi connectivity index (χ0) is 20.4. The van der Waals surface area contributed by atoms with Crippen LogP contribution >= 0.6 is 12.4 Å². The van der Waals surface area contributed by atoms with Gasteiger partial charge in [-0.1, -0.05) is 30.3 Å². The number of urea groups is 1. The maximum absolute atomic E-state index is 13.0. The van der Waals surface area contributed by atoms with Gasteiger partial charge < -0.3 is 19.9 Å². The van der Waals surface area contributed by atoms with Gasteiger partial charge in [0.25, 0.3) is 5.91 Å². The van der Waals surface area contributed by atoms with E-state index in [0.29, 0.717) is 52.2 Å². The minimum atomic E-state index is -0.864. The van der Waals surface area contributed by atoms with E-state index in [0.717, 1.165) is 12.1 Å². The standard InChI is InChI=1S/C21H28N4O4.ClH/c1-23-19(27)21(25(20(23)28)14-16-5-3-2-4-6-16)7-10-24(11-8-21)18(26)17-13-22-9-12-29-15-17;/h2-6,17,22H,7-15H2,1H3;1H. The number of likely N-dealkylation sites (tertiary alicyclic amines) is 1. The molecule has 8 nitrogen and oxygen atoms in total. The van der Waals surface area contributed by atoms with Gasteiger partial charge in [-0.25, -0.2) is 4.79 Å². The summed E-state index contributed by atoms with van der Waals surface area (Å²) < 4.78 is 5.52. The van der Waals surface area contributed by atoms with Gasteiger partial charge in [-0.05, 0) is 18.4 Å². The number of piperidine rings is 1. The van der Waals surface area contributed by atoms with Crippen molar-refractivity contribution in [3.63, 3.8) is 0 Å². The average molecular weight is 437 g/mol. The monoisotopic (exact) mass is 436 g/mol. The third kappa shape index (κ3) is 4.04. The molecule has 4 amide bonds. The van der Waals surface area contributed by atoms with E-state index in [1.165, 1.54) is 4.90 Å². The van der Waals surface area contributed by atoms with Crippen LogP contribution in [0.1, 0.15) is 18.4 Å². The number of likely N-dealkylation sites (N-methyl/N-ethyl adjacent to an activating group) is 1. The number of hydrogen-bond acceptors (Lipinski definition) is 5. The number of nitrogens with one attached hydrogen (secondary N) is 1. The van der Waals surface area contributed by atoms with Crippen LogP contribution in [0.4, 0.5) is 4.79 Å². The van der Waals surface area contributed by atoms with E-state index >= 15 is 0 Å². The summed E-state index contributed by atoms with van der Waals surface area (Å²) in [5.41, 5.74) is 0.125. The van der Waals surface area contributed by atoms with Crippen LogP contribution < -0.4 is 5.32 Å². The van der Waals surface area contributed by atoms with E-state index in [1.807, 2.05) is 35.2 Å². The SMILES string of the molecule is CN1C(=O)N(Cc2ccccc2)C2(CCN(C(=O)C3CNCCOC3)CC2)C1=O.Cl. The fraction of sp³-hybridized carbons (Fsp3) is 0.571. The number of nitrogens with zero attached hydrogens (tertiary/aromatic N) is 3. The summed E-state index contributed by atoms with van der Waals surface area (Å²) in [5, 5.41) is 3.23. The summed E-state index contributed by atoms with van der Waals surface area (Å²) in [6, 6.07) is 9.44. The number of amides is 4. The molecule has 3 aliphatic heterocycles. The molecule has 1 spiro atoms. The lowest BCUT2D eigenvalue weighted by atomic mass is 9.85. The summed E-state index contributed by atoms with van der Waals surface area (Å²) in [5.74, 6) is -0.297. The predicted octanol–water partition coefficient (Wildman–Crippen LogP) is 1.10. The minimum Gasteiger partial charge on any atom is -0.379 e. The van der Waals surface area contributed by atoms with Crippen LogP contribution in [0.5, 0.6) is 0 Å². The zero-order valence-corrected chi connectivity index (χ0v) is 18.0. The summed E-state index contributed by atoms with van der Waals surface area (Å²) in [6.07, 6.45) is 0.920. The third-order valence-corrected chi connectivity index (χ3v) is 6.31. The number of imide groups is 1. The molecule has 0 bridgehead atoms. The normalized spacial score (nSPS) is 24.0. The fourth-order valence-electron chi connectivity index (χ4n) is 4.57. The first kappa shape index (κ1) is 22.5. The predicted molar refractivity (Wildman–Crippen MR) is 113 cm³/mol. The highest BCUT2D eigenvalue weighted by molar-refractivity contribution is 6.06. The van der Waals surface area contributed by atoms with Crippen molar-refractivity contribution in [2.24, 2.45) is 5.92 Å². The molecule has 3 fully saturated rings. The van der Waals surface area contributed by atoms with E-state index in [9.17, 15) is 14.4 Å². The number of ether oxygens (including phenoxy) is 1. The Morgan fingerprint density at radius 3 is 2.60 bits per heavy atom. The lowest BCUT2D eigenvalue weighted by molar-refractivity contribution is -0.144. The molecule has 0 aliphatic carbocycles. The van der Waals surface area contributed by atoms with E-state index in [2.05, 4.69) is 5.32 Å². The molecule has 1 aromatic rings. The van der Waals surface area contributed by atoms with Crippen LogP contribution in [0.15, 0.2) is 30.3 Å². The van der Waals surface area contributed by atoms with Gasteiger partial charge >= 0.3 is 6.03 Å². The second-order valence-electron chi connectivity index (χ2n) is 8.05. The van der Waals surface area contributed by atoms with Gasteiger partial charge in [-0.3, -0.25) is 14.5 Å². The first-order valence-corrected chi connectivity index (χ1v) is 10.2. The summed E-state index contributed by atoms with van der Waals surface area (Å²) >= 11 is 0. The van der Waals surface area contributed by atoms with E-state index in [1.54, 1.807) is 11.9 Å². The molecule has 30 heavy (non-hydrogen) atoms. The largest absolute Gasteiger partial charge is 0.379 e. The molecule has 0 radical (unpaired) electrons. The van der Waals surface area contributed by atoms with Crippen LogP contribution in [-0.4, -0.2) is 84.5 Å². The Morgan fingerprint density at radius 1 is 1.20 bits per heavy atom. The minimum absolute atomic E-state index is 0. The van der Waals surface area contributed by atoms with E-state index in [4.69, 9.17) is 4.74 Å². The highest BCUT2D eigenvalue weighted by Crippen LogP contribution is 2.38. The molecule has 0 aromatic heterocycles. The maximum Gasteiger partial charge on any atom is 0.327 e. The van der Waals surface area contributed by atoms with E-state index in [-0.39, 0.29) is 36.2 Å². The highest BCUT2D eigenvalue weighted by atomic mass is 35.5. The van der Waals surface area contributed by atoms with Gasteiger partial charge in [0.1, 0.15) is 5.54 Å². The smallest absolute Gasteiger partial charge is 0.327 e. The Kier molecular flexibility index (Phi) is 7.00. The molecule has 9 heteroatoms.